The largest absolute Gasteiger partial charge is 0.478 e. The minimum atomic E-state index is -1.15. The number of primary amides is 1. The van der Waals surface area contributed by atoms with Gasteiger partial charge in [-0.05, 0) is 12.1 Å². The standard InChI is InChI=1S/C8H7NO3.Se/c9-7(10)5-3-1-2-4-6(5)8(11)12;/h1-4H,(H2,9,10)(H,11,12);. The van der Waals surface area contributed by atoms with Crippen molar-refractivity contribution in [3.8, 4) is 0 Å². The Balaban J connectivity index is 0.00000144. The number of carboxylic acid groups (broad SMARTS) is 1. The zero-order valence-electron chi connectivity index (χ0n) is 6.56. The molecule has 0 aliphatic rings. The summed E-state index contributed by atoms with van der Waals surface area (Å²) in [4.78, 5) is 21.2. The van der Waals surface area contributed by atoms with Crippen LogP contribution in [0.25, 0.3) is 0 Å². The molecule has 0 aliphatic heterocycles. The maximum absolute atomic E-state index is 10.7. The predicted octanol–water partition coefficient (Wildman–Crippen LogP) is 0.103. The summed E-state index contributed by atoms with van der Waals surface area (Å²) in [5.41, 5.74) is 4.92. The number of amides is 1. The van der Waals surface area contributed by atoms with E-state index >= 15 is 0 Å². The first-order chi connectivity index (χ1) is 5.63. The van der Waals surface area contributed by atoms with Crippen molar-refractivity contribution in [1.82, 2.24) is 0 Å². The van der Waals surface area contributed by atoms with E-state index in [2.05, 4.69) is 0 Å². The molecule has 0 heterocycles. The van der Waals surface area contributed by atoms with Crippen LogP contribution in [-0.2, 0) is 0 Å². The third kappa shape index (κ3) is 2.57. The van der Waals surface area contributed by atoms with Gasteiger partial charge in [-0.15, -0.1) is 0 Å². The first-order valence-corrected chi connectivity index (χ1v) is 3.25. The van der Waals surface area contributed by atoms with Crippen LogP contribution in [0.3, 0.4) is 0 Å². The number of aromatic carboxylic acids is 1. The topological polar surface area (TPSA) is 80.4 Å². The number of benzene rings is 1. The third-order valence-electron chi connectivity index (χ3n) is 1.42. The Bertz CT molecular complexity index is 305. The van der Waals surface area contributed by atoms with Gasteiger partial charge in [-0.1, -0.05) is 12.1 Å². The molecule has 0 aromatic heterocycles. The van der Waals surface area contributed by atoms with Crippen LogP contribution in [-0.4, -0.2) is 34.1 Å². The SMILES string of the molecule is NC(=O)c1ccccc1C(=O)O.[Se]. The maximum Gasteiger partial charge on any atom is 0.336 e. The number of carbonyl (C=O) groups is 2. The van der Waals surface area contributed by atoms with Crippen LogP contribution < -0.4 is 5.73 Å². The van der Waals surface area contributed by atoms with Crippen molar-refractivity contribution < 1.29 is 14.7 Å². The number of hydrogen-bond donors (Lipinski definition) is 2. The van der Waals surface area contributed by atoms with Crippen molar-refractivity contribution in [1.29, 1.82) is 0 Å². The molecule has 1 aromatic rings. The van der Waals surface area contributed by atoms with E-state index in [-0.39, 0.29) is 28.2 Å². The van der Waals surface area contributed by atoms with Gasteiger partial charge in [0.1, 0.15) is 0 Å². The molecular formula is C8H7NO3Se. The Morgan fingerprint density at radius 3 is 1.92 bits per heavy atom. The fourth-order valence-corrected chi connectivity index (χ4v) is 0.884. The van der Waals surface area contributed by atoms with Crippen molar-refractivity contribution in [2.75, 3.05) is 0 Å². The molecule has 2 radical (unpaired) electrons. The molecule has 0 fully saturated rings. The second kappa shape index (κ2) is 4.64. The molecule has 0 saturated heterocycles. The summed E-state index contributed by atoms with van der Waals surface area (Å²) in [6, 6.07) is 5.82. The molecule has 0 aliphatic carbocycles. The monoisotopic (exact) mass is 245 g/mol. The van der Waals surface area contributed by atoms with Crippen molar-refractivity contribution in [2.24, 2.45) is 5.73 Å². The molecule has 3 N–H and O–H groups in total. The summed E-state index contributed by atoms with van der Waals surface area (Å²) in [5, 5.41) is 8.61. The molecule has 1 rings (SSSR count). The van der Waals surface area contributed by atoms with E-state index in [9.17, 15) is 9.59 Å². The zero-order valence-corrected chi connectivity index (χ0v) is 8.27. The Morgan fingerprint density at radius 1 is 1.15 bits per heavy atom. The summed E-state index contributed by atoms with van der Waals surface area (Å²) in [5.74, 6) is -1.88. The summed E-state index contributed by atoms with van der Waals surface area (Å²) in [6.45, 7) is 0. The van der Waals surface area contributed by atoms with E-state index in [1.54, 1.807) is 6.07 Å². The summed E-state index contributed by atoms with van der Waals surface area (Å²) in [7, 11) is 0. The number of carbonyl (C=O) groups excluding carboxylic acids is 1. The average Bonchev–Trinajstić information content (AvgIpc) is 2.04. The van der Waals surface area contributed by atoms with Gasteiger partial charge in [0.05, 0.1) is 11.1 Å². The van der Waals surface area contributed by atoms with Crippen LogP contribution in [0.5, 0.6) is 0 Å². The molecule has 0 spiro atoms. The molecular weight excluding hydrogens is 237 g/mol. The Hall–Kier alpha value is -1.32. The first-order valence-electron chi connectivity index (χ1n) is 3.25. The van der Waals surface area contributed by atoms with Gasteiger partial charge in [0, 0.05) is 17.1 Å². The summed E-state index contributed by atoms with van der Waals surface area (Å²) in [6.07, 6.45) is 0. The minimum absolute atomic E-state index is 0. The fourth-order valence-electron chi connectivity index (χ4n) is 0.884. The van der Waals surface area contributed by atoms with Crippen LogP contribution >= 0.6 is 0 Å². The summed E-state index contributed by atoms with van der Waals surface area (Å²) >= 11 is 0. The summed E-state index contributed by atoms with van der Waals surface area (Å²) < 4.78 is 0. The quantitative estimate of drug-likeness (QED) is 0.724. The second-order valence-corrected chi connectivity index (χ2v) is 2.21. The van der Waals surface area contributed by atoms with Gasteiger partial charge in [0.25, 0.3) is 0 Å². The Kier molecular flexibility index (Phi) is 4.17. The Morgan fingerprint density at radius 2 is 1.62 bits per heavy atom. The molecule has 1 aromatic carbocycles. The molecule has 4 nitrogen and oxygen atoms in total. The van der Waals surface area contributed by atoms with Gasteiger partial charge in [-0.3, -0.25) is 4.79 Å². The van der Waals surface area contributed by atoms with Crippen molar-refractivity contribution in [2.45, 2.75) is 0 Å². The number of hydrogen-bond acceptors (Lipinski definition) is 2. The van der Waals surface area contributed by atoms with E-state index < -0.39 is 11.9 Å². The van der Waals surface area contributed by atoms with Crippen LogP contribution in [0.15, 0.2) is 24.3 Å². The molecule has 1 amide bonds. The molecule has 13 heavy (non-hydrogen) atoms. The van der Waals surface area contributed by atoms with Crippen molar-refractivity contribution >= 4 is 28.9 Å². The van der Waals surface area contributed by atoms with E-state index in [1.165, 1.54) is 18.2 Å². The van der Waals surface area contributed by atoms with E-state index in [1.807, 2.05) is 0 Å². The number of nitrogens with two attached hydrogens (primary N) is 1. The van der Waals surface area contributed by atoms with Gasteiger partial charge in [-0.2, -0.15) is 0 Å². The zero-order chi connectivity index (χ0) is 9.14. The van der Waals surface area contributed by atoms with E-state index in [0.29, 0.717) is 0 Å². The number of rotatable bonds is 2. The molecule has 0 unspecified atom stereocenters. The van der Waals surface area contributed by atoms with Crippen LogP contribution in [0, 0.1) is 0 Å². The molecule has 0 bridgehead atoms. The van der Waals surface area contributed by atoms with E-state index in [4.69, 9.17) is 10.8 Å². The third-order valence-corrected chi connectivity index (χ3v) is 1.42. The van der Waals surface area contributed by atoms with Crippen molar-refractivity contribution in [3.05, 3.63) is 35.4 Å². The Labute approximate surface area is 85.2 Å². The molecule has 68 valence electrons. The van der Waals surface area contributed by atoms with Gasteiger partial charge in [-0.25, -0.2) is 4.79 Å². The van der Waals surface area contributed by atoms with Gasteiger partial charge < -0.3 is 10.8 Å². The van der Waals surface area contributed by atoms with Crippen LogP contribution in [0.1, 0.15) is 20.7 Å². The van der Waals surface area contributed by atoms with Crippen LogP contribution in [0.4, 0.5) is 0 Å². The fraction of sp³-hybridized carbons (Fsp3) is 0. The normalized spacial score (nSPS) is 8.62. The molecule has 5 heteroatoms. The maximum atomic E-state index is 10.7. The van der Waals surface area contributed by atoms with Crippen LogP contribution in [0.2, 0.25) is 0 Å². The molecule has 0 saturated carbocycles. The van der Waals surface area contributed by atoms with Crippen molar-refractivity contribution in [3.63, 3.8) is 0 Å². The van der Waals surface area contributed by atoms with Gasteiger partial charge in [0.15, 0.2) is 0 Å². The van der Waals surface area contributed by atoms with E-state index in [0.717, 1.165) is 0 Å². The average molecular weight is 244 g/mol. The molecule has 0 atom stereocenters. The number of carboxylic acids is 1. The minimum Gasteiger partial charge on any atom is -0.478 e. The van der Waals surface area contributed by atoms with Gasteiger partial charge in [0.2, 0.25) is 5.91 Å². The second-order valence-electron chi connectivity index (χ2n) is 2.21. The first kappa shape index (κ1) is 11.7. The predicted molar refractivity (Wildman–Crippen MR) is 47.7 cm³/mol. The van der Waals surface area contributed by atoms with Gasteiger partial charge >= 0.3 is 5.97 Å². The smallest absolute Gasteiger partial charge is 0.336 e.